The summed E-state index contributed by atoms with van der Waals surface area (Å²) >= 11 is 5.56. The number of anilines is 3. The van der Waals surface area contributed by atoms with Crippen molar-refractivity contribution in [2.24, 2.45) is 0 Å². The number of nitrogens with zero attached hydrogens (tertiary/aromatic N) is 3. The monoisotopic (exact) mass is 314 g/mol. The maximum Gasteiger partial charge on any atom is 0.157 e. The third-order valence-corrected chi connectivity index (χ3v) is 3.95. The topological polar surface area (TPSA) is 50.3 Å². The lowest BCUT2D eigenvalue weighted by Gasteiger charge is -2.22. The van der Waals surface area contributed by atoms with Gasteiger partial charge >= 0.3 is 0 Å². The van der Waals surface area contributed by atoms with Crippen molar-refractivity contribution >= 4 is 34.5 Å². The summed E-state index contributed by atoms with van der Waals surface area (Å²) in [5.74, 6) is 1.70. The van der Waals surface area contributed by atoms with Crippen molar-refractivity contribution in [1.29, 1.82) is 0 Å². The fourth-order valence-corrected chi connectivity index (χ4v) is 2.80. The minimum atomic E-state index is 0.667. The number of fused-ring (bicyclic) bond motifs is 2. The molecule has 3 rings (SSSR count). The predicted molar refractivity (Wildman–Crippen MR) is 92.1 cm³/mol. The van der Waals surface area contributed by atoms with Crippen LogP contribution < -0.4 is 10.2 Å². The van der Waals surface area contributed by atoms with Gasteiger partial charge in [0.1, 0.15) is 10.8 Å². The first-order valence-corrected chi connectivity index (χ1v) is 7.67. The van der Waals surface area contributed by atoms with Gasteiger partial charge in [-0.2, -0.15) is 0 Å². The van der Waals surface area contributed by atoms with Crippen LogP contribution in [-0.2, 0) is 11.2 Å². The molecule has 3 heterocycles. The Bertz CT molecular complexity index is 704. The van der Waals surface area contributed by atoms with E-state index in [1.165, 1.54) is 0 Å². The van der Waals surface area contributed by atoms with Crippen LogP contribution in [0.5, 0.6) is 0 Å². The number of ether oxygens (including phenoxy) is 1. The maximum absolute atomic E-state index is 5.56. The van der Waals surface area contributed by atoms with Crippen molar-refractivity contribution in [1.82, 2.24) is 9.97 Å². The van der Waals surface area contributed by atoms with Crippen molar-refractivity contribution in [2.45, 2.75) is 13.3 Å². The fraction of sp³-hybridized carbons (Fsp3) is 0.312. The molecule has 2 aromatic heterocycles. The lowest BCUT2D eigenvalue weighted by atomic mass is 10.1. The summed E-state index contributed by atoms with van der Waals surface area (Å²) < 4.78 is 5.14. The molecule has 0 aromatic carbocycles. The number of rotatable bonds is 4. The Kier molecular flexibility index (Phi) is 4.31. The SMILES string of the molecule is CCN1c2ncccc2NC(=S)c2cc(CCOC)cnc21. The van der Waals surface area contributed by atoms with Gasteiger partial charge in [-0.05, 0) is 37.1 Å². The number of methoxy groups -OCH3 is 1. The molecule has 6 heteroatoms. The Morgan fingerprint density at radius 1 is 1.32 bits per heavy atom. The number of aromatic nitrogens is 2. The van der Waals surface area contributed by atoms with Crippen LogP contribution in [-0.4, -0.2) is 35.2 Å². The summed E-state index contributed by atoms with van der Waals surface area (Å²) in [5, 5.41) is 3.28. The van der Waals surface area contributed by atoms with Crippen LogP contribution in [0.2, 0.25) is 0 Å². The van der Waals surface area contributed by atoms with Crippen LogP contribution in [0.1, 0.15) is 18.1 Å². The second-order valence-electron chi connectivity index (χ2n) is 5.03. The lowest BCUT2D eigenvalue weighted by Crippen LogP contribution is -2.20. The van der Waals surface area contributed by atoms with Gasteiger partial charge in [-0.1, -0.05) is 12.2 Å². The Morgan fingerprint density at radius 2 is 2.18 bits per heavy atom. The molecular weight excluding hydrogens is 296 g/mol. The molecule has 0 saturated heterocycles. The molecule has 5 nitrogen and oxygen atoms in total. The van der Waals surface area contributed by atoms with Gasteiger partial charge in [-0.25, -0.2) is 9.97 Å². The molecular formula is C16H18N4OS. The van der Waals surface area contributed by atoms with E-state index in [9.17, 15) is 0 Å². The highest BCUT2D eigenvalue weighted by Gasteiger charge is 2.24. The Morgan fingerprint density at radius 3 is 2.95 bits per heavy atom. The largest absolute Gasteiger partial charge is 0.384 e. The van der Waals surface area contributed by atoms with Crippen LogP contribution in [0.3, 0.4) is 0 Å². The maximum atomic E-state index is 5.56. The molecule has 0 bridgehead atoms. The van der Waals surface area contributed by atoms with Gasteiger partial charge in [0.2, 0.25) is 0 Å². The molecule has 1 N–H and O–H groups in total. The van der Waals surface area contributed by atoms with Crippen LogP contribution in [0.25, 0.3) is 0 Å². The summed E-state index contributed by atoms with van der Waals surface area (Å²) in [6, 6.07) is 5.97. The first-order chi connectivity index (χ1) is 10.7. The normalized spacial score (nSPS) is 13.2. The van der Waals surface area contributed by atoms with Gasteiger partial charge < -0.3 is 15.0 Å². The van der Waals surface area contributed by atoms with Crippen molar-refractivity contribution in [3.63, 3.8) is 0 Å². The summed E-state index contributed by atoms with van der Waals surface area (Å²) in [4.78, 5) is 11.9. The molecule has 0 amide bonds. The first-order valence-electron chi connectivity index (χ1n) is 7.26. The predicted octanol–water partition coefficient (Wildman–Crippen LogP) is 2.92. The van der Waals surface area contributed by atoms with Gasteiger partial charge in [-0.3, -0.25) is 0 Å². The van der Waals surface area contributed by atoms with E-state index >= 15 is 0 Å². The molecule has 0 aliphatic carbocycles. The van der Waals surface area contributed by atoms with Gasteiger partial charge in [0.15, 0.2) is 5.82 Å². The molecule has 1 aliphatic rings. The summed E-state index contributed by atoms with van der Waals surface area (Å²) in [6.45, 7) is 3.52. The Hall–Kier alpha value is -2.05. The van der Waals surface area contributed by atoms with Gasteiger partial charge in [0.05, 0.1) is 17.9 Å². The molecule has 0 saturated carbocycles. The smallest absolute Gasteiger partial charge is 0.157 e. The van der Waals surface area contributed by atoms with Crippen LogP contribution >= 0.6 is 12.2 Å². The molecule has 1 aliphatic heterocycles. The quantitative estimate of drug-likeness (QED) is 0.876. The number of hydrogen-bond donors (Lipinski definition) is 1. The minimum Gasteiger partial charge on any atom is -0.384 e. The summed E-state index contributed by atoms with van der Waals surface area (Å²) in [7, 11) is 1.70. The van der Waals surface area contributed by atoms with E-state index in [0.717, 1.165) is 41.4 Å². The van der Waals surface area contributed by atoms with E-state index in [1.807, 2.05) is 18.3 Å². The van der Waals surface area contributed by atoms with Crippen molar-refractivity contribution < 1.29 is 4.74 Å². The van der Waals surface area contributed by atoms with E-state index in [0.29, 0.717) is 11.6 Å². The zero-order valence-corrected chi connectivity index (χ0v) is 13.5. The zero-order chi connectivity index (χ0) is 15.5. The molecule has 0 atom stereocenters. The molecule has 22 heavy (non-hydrogen) atoms. The van der Waals surface area contributed by atoms with Gasteiger partial charge in [0, 0.05) is 26.0 Å². The Labute approximate surface area is 135 Å². The zero-order valence-electron chi connectivity index (χ0n) is 12.7. The van der Waals surface area contributed by atoms with E-state index in [1.54, 1.807) is 13.3 Å². The third-order valence-electron chi connectivity index (χ3n) is 3.63. The standard InChI is InChI=1S/C16H18N4OS/c1-3-20-14-12(9-11(10-18-14)6-8-21-2)16(22)19-13-5-4-7-17-15(13)20/h4-5,7,9-10H,3,6,8H2,1-2H3,(H,19,22). The van der Waals surface area contributed by atoms with E-state index in [4.69, 9.17) is 17.0 Å². The average Bonchev–Trinajstić information content (AvgIpc) is 2.66. The van der Waals surface area contributed by atoms with Crippen molar-refractivity contribution in [3.8, 4) is 0 Å². The fourth-order valence-electron chi connectivity index (χ4n) is 2.54. The molecule has 114 valence electrons. The highest BCUT2D eigenvalue weighted by atomic mass is 32.1. The Balaban J connectivity index is 2.08. The molecule has 2 aromatic rings. The van der Waals surface area contributed by atoms with Crippen LogP contribution in [0.15, 0.2) is 30.6 Å². The molecule has 0 radical (unpaired) electrons. The number of thiocarbonyl (C=S) groups is 1. The highest BCUT2D eigenvalue weighted by Crippen LogP contribution is 2.35. The van der Waals surface area contributed by atoms with Crippen molar-refractivity contribution in [2.75, 3.05) is 30.5 Å². The summed E-state index contributed by atoms with van der Waals surface area (Å²) in [6.07, 6.45) is 4.48. The third kappa shape index (κ3) is 2.67. The van der Waals surface area contributed by atoms with Crippen molar-refractivity contribution in [3.05, 3.63) is 41.7 Å². The van der Waals surface area contributed by atoms with Crippen LogP contribution in [0.4, 0.5) is 17.3 Å². The highest BCUT2D eigenvalue weighted by molar-refractivity contribution is 7.81. The molecule has 0 spiro atoms. The molecule has 0 fully saturated rings. The van der Waals surface area contributed by atoms with E-state index in [-0.39, 0.29) is 0 Å². The number of nitrogens with one attached hydrogen (secondary N) is 1. The van der Waals surface area contributed by atoms with E-state index in [2.05, 4.69) is 33.2 Å². The summed E-state index contributed by atoms with van der Waals surface area (Å²) in [5.41, 5.74) is 2.95. The number of pyridine rings is 2. The minimum absolute atomic E-state index is 0.667. The average molecular weight is 314 g/mol. The van der Waals surface area contributed by atoms with Crippen LogP contribution in [0, 0.1) is 0 Å². The van der Waals surface area contributed by atoms with Gasteiger partial charge in [-0.15, -0.1) is 0 Å². The lowest BCUT2D eigenvalue weighted by molar-refractivity contribution is 0.202. The first kappa shape index (κ1) is 14.9. The number of hydrogen-bond acceptors (Lipinski definition) is 5. The second-order valence-corrected chi connectivity index (χ2v) is 5.44. The molecule has 0 unspecified atom stereocenters. The van der Waals surface area contributed by atoms with Gasteiger partial charge in [0.25, 0.3) is 0 Å². The van der Waals surface area contributed by atoms with E-state index < -0.39 is 0 Å². The second kappa shape index (κ2) is 6.37.